The molecule has 0 amide bonds. The molecular formula is C22H28F3NO3Si. The summed E-state index contributed by atoms with van der Waals surface area (Å²) in [7, 11) is -2.32. The number of halogens is 3. The van der Waals surface area contributed by atoms with E-state index in [0.717, 1.165) is 19.7 Å². The maximum atomic E-state index is 10.6. The molecule has 0 aliphatic carbocycles. The highest BCUT2D eigenvalue weighted by Gasteiger charge is 2.50. The fraction of sp³-hybridized carbons (Fsp3) is 0.409. The van der Waals surface area contributed by atoms with Gasteiger partial charge in [0.15, 0.2) is 0 Å². The fourth-order valence-electron chi connectivity index (χ4n) is 3.47. The van der Waals surface area contributed by atoms with E-state index < -0.39 is 20.5 Å². The Morgan fingerprint density at radius 2 is 1.40 bits per heavy atom. The lowest BCUT2D eigenvalue weighted by Gasteiger charge is -2.44. The lowest BCUT2D eigenvalue weighted by atomic mass is 10.1. The van der Waals surface area contributed by atoms with Crippen LogP contribution in [0.4, 0.5) is 13.2 Å². The first kappa shape index (κ1) is 24.1. The molecule has 3 rings (SSSR count). The Labute approximate surface area is 176 Å². The lowest BCUT2D eigenvalue weighted by Crippen LogP contribution is -2.67. The number of alkyl halides is 3. The summed E-state index contributed by atoms with van der Waals surface area (Å²) in [5.74, 6) is -2.11. The van der Waals surface area contributed by atoms with Gasteiger partial charge >= 0.3 is 12.1 Å². The third kappa shape index (κ3) is 5.71. The molecule has 2 aromatic rings. The van der Waals surface area contributed by atoms with Crippen LogP contribution in [0.25, 0.3) is 0 Å². The van der Waals surface area contributed by atoms with Gasteiger partial charge in [-0.15, -0.1) is 0 Å². The Morgan fingerprint density at radius 3 is 1.67 bits per heavy atom. The predicted octanol–water partition coefficient (Wildman–Crippen LogP) is 3.42. The molecule has 1 fully saturated rings. The third-order valence-electron chi connectivity index (χ3n) is 5.06. The van der Waals surface area contributed by atoms with Crippen LogP contribution in [0.1, 0.15) is 20.8 Å². The van der Waals surface area contributed by atoms with Crippen molar-refractivity contribution in [3.63, 3.8) is 0 Å². The van der Waals surface area contributed by atoms with Crippen molar-refractivity contribution in [3.8, 4) is 0 Å². The minimum atomic E-state index is -5.08. The number of rotatable bonds is 5. The van der Waals surface area contributed by atoms with Gasteiger partial charge in [-0.1, -0.05) is 81.4 Å². The van der Waals surface area contributed by atoms with Crippen molar-refractivity contribution < 1.29 is 27.5 Å². The molecule has 1 aliphatic heterocycles. The molecular weight excluding hydrogens is 411 g/mol. The normalized spacial score (nSPS) is 15.0. The highest BCUT2D eigenvalue weighted by molar-refractivity contribution is 6.99. The van der Waals surface area contributed by atoms with Crippen LogP contribution < -0.4 is 15.7 Å². The van der Waals surface area contributed by atoms with Gasteiger partial charge in [0, 0.05) is 25.6 Å². The predicted molar refractivity (Wildman–Crippen MR) is 114 cm³/mol. The van der Waals surface area contributed by atoms with Crippen molar-refractivity contribution in [3.05, 3.63) is 60.7 Å². The molecule has 8 heteroatoms. The highest BCUT2D eigenvalue weighted by atomic mass is 28.4. The lowest BCUT2D eigenvalue weighted by molar-refractivity contribution is -0.192. The largest absolute Gasteiger partial charge is 0.490 e. The first-order valence-corrected chi connectivity index (χ1v) is 11.6. The van der Waals surface area contributed by atoms with E-state index in [1.807, 2.05) is 0 Å². The number of carbonyl (C=O) groups is 1. The standard InChI is InChI=1S/C20H27NOSi.C2HF3O2/c1-20(2,3)23(18-10-6-4-7-11-18,19-12-8-5-9-13-19)22-16-17-14-21-15-17;3-2(4,5)1(6)7/h4-13,17,21H,14-16H2,1-3H3;(H,6,7). The zero-order chi connectivity index (χ0) is 22.4. The molecule has 0 spiro atoms. The SMILES string of the molecule is CC(C)(C)[Si](OCC1CNC1)(c1ccccc1)c1ccccc1.O=C(O)C(F)(F)F. The Balaban J connectivity index is 0.000000396. The van der Waals surface area contributed by atoms with Crippen LogP contribution in [-0.2, 0) is 9.22 Å². The van der Waals surface area contributed by atoms with Gasteiger partial charge in [0.2, 0.25) is 0 Å². The number of aliphatic carboxylic acids is 1. The fourth-order valence-corrected chi connectivity index (χ4v) is 8.11. The van der Waals surface area contributed by atoms with Gasteiger partial charge in [-0.05, 0) is 15.4 Å². The van der Waals surface area contributed by atoms with Gasteiger partial charge in [-0.2, -0.15) is 13.2 Å². The van der Waals surface area contributed by atoms with Crippen LogP contribution in [0.5, 0.6) is 0 Å². The Bertz CT molecular complexity index is 764. The first-order chi connectivity index (χ1) is 14.0. The van der Waals surface area contributed by atoms with Crippen molar-refractivity contribution in [1.29, 1.82) is 0 Å². The zero-order valence-corrected chi connectivity index (χ0v) is 18.4. The average molecular weight is 440 g/mol. The second-order valence-electron chi connectivity index (χ2n) is 8.30. The van der Waals surface area contributed by atoms with Crippen molar-refractivity contribution in [2.75, 3.05) is 19.7 Å². The number of nitrogens with one attached hydrogen (secondary N) is 1. The summed E-state index contributed by atoms with van der Waals surface area (Å²) < 4.78 is 38.6. The van der Waals surface area contributed by atoms with E-state index in [0.29, 0.717) is 5.92 Å². The van der Waals surface area contributed by atoms with Crippen molar-refractivity contribution in [2.24, 2.45) is 5.92 Å². The summed E-state index contributed by atoms with van der Waals surface area (Å²) in [6.45, 7) is 10.0. The molecule has 1 aliphatic rings. The molecule has 0 saturated carbocycles. The molecule has 0 bridgehead atoms. The van der Waals surface area contributed by atoms with E-state index >= 15 is 0 Å². The number of carboxylic acid groups (broad SMARTS) is 1. The minimum Gasteiger partial charge on any atom is -0.475 e. The first-order valence-electron chi connectivity index (χ1n) is 9.74. The number of benzene rings is 2. The van der Waals surface area contributed by atoms with Crippen LogP contribution in [0.15, 0.2) is 60.7 Å². The highest BCUT2D eigenvalue weighted by Crippen LogP contribution is 2.37. The summed E-state index contributed by atoms with van der Waals surface area (Å²) in [5, 5.41) is 13.3. The quantitative estimate of drug-likeness (QED) is 0.701. The van der Waals surface area contributed by atoms with E-state index in [-0.39, 0.29) is 5.04 Å². The minimum absolute atomic E-state index is 0.0763. The second-order valence-corrected chi connectivity index (χ2v) is 12.6. The van der Waals surface area contributed by atoms with Crippen LogP contribution in [0.2, 0.25) is 5.04 Å². The molecule has 4 nitrogen and oxygen atoms in total. The maximum absolute atomic E-state index is 10.6. The summed E-state index contributed by atoms with van der Waals surface area (Å²) in [6.07, 6.45) is -5.08. The molecule has 1 saturated heterocycles. The summed E-state index contributed by atoms with van der Waals surface area (Å²) in [4.78, 5) is 8.90. The molecule has 30 heavy (non-hydrogen) atoms. The van der Waals surface area contributed by atoms with Crippen LogP contribution in [0, 0.1) is 5.92 Å². The number of hydrogen-bond donors (Lipinski definition) is 2. The van der Waals surface area contributed by atoms with Gasteiger partial charge in [0.05, 0.1) is 0 Å². The van der Waals surface area contributed by atoms with Crippen LogP contribution in [-0.4, -0.2) is 45.3 Å². The Kier molecular flexibility index (Phi) is 7.85. The van der Waals surface area contributed by atoms with Crippen LogP contribution >= 0.6 is 0 Å². The summed E-state index contributed by atoms with van der Waals surface area (Å²) in [6, 6.07) is 21.7. The molecule has 164 valence electrons. The molecule has 2 aromatic carbocycles. The maximum Gasteiger partial charge on any atom is 0.490 e. The molecule has 0 atom stereocenters. The smallest absolute Gasteiger partial charge is 0.475 e. The molecule has 1 heterocycles. The third-order valence-corrected chi connectivity index (χ3v) is 10.1. The number of carboxylic acids is 1. The molecule has 0 radical (unpaired) electrons. The van der Waals surface area contributed by atoms with Gasteiger partial charge in [-0.25, -0.2) is 4.79 Å². The van der Waals surface area contributed by atoms with Crippen LogP contribution in [0.3, 0.4) is 0 Å². The average Bonchev–Trinajstić information content (AvgIpc) is 2.64. The van der Waals surface area contributed by atoms with Crippen molar-refractivity contribution in [1.82, 2.24) is 5.32 Å². The van der Waals surface area contributed by atoms with Crippen molar-refractivity contribution >= 4 is 24.7 Å². The molecule has 0 aromatic heterocycles. The van der Waals surface area contributed by atoms with Gasteiger partial charge in [-0.3, -0.25) is 0 Å². The van der Waals surface area contributed by atoms with Crippen molar-refractivity contribution in [2.45, 2.75) is 32.0 Å². The van der Waals surface area contributed by atoms with E-state index in [4.69, 9.17) is 14.3 Å². The summed E-state index contributed by atoms with van der Waals surface area (Å²) >= 11 is 0. The van der Waals surface area contributed by atoms with E-state index in [9.17, 15) is 13.2 Å². The second kappa shape index (κ2) is 9.76. The van der Waals surface area contributed by atoms with E-state index in [1.165, 1.54) is 10.4 Å². The zero-order valence-electron chi connectivity index (χ0n) is 17.4. The number of hydrogen-bond acceptors (Lipinski definition) is 3. The Morgan fingerprint density at radius 1 is 1.00 bits per heavy atom. The molecule has 0 unspecified atom stereocenters. The van der Waals surface area contributed by atoms with E-state index in [2.05, 4.69) is 86.8 Å². The van der Waals surface area contributed by atoms with E-state index in [1.54, 1.807) is 0 Å². The van der Waals surface area contributed by atoms with Gasteiger partial charge in [0.25, 0.3) is 8.32 Å². The van der Waals surface area contributed by atoms with Gasteiger partial charge < -0.3 is 14.8 Å². The molecule has 2 N–H and O–H groups in total. The Hall–Kier alpha value is -2.16. The monoisotopic (exact) mass is 439 g/mol. The summed E-state index contributed by atoms with van der Waals surface area (Å²) in [5.41, 5.74) is 0. The topological polar surface area (TPSA) is 58.6 Å². The van der Waals surface area contributed by atoms with Gasteiger partial charge in [0.1, 0.15) is 0 Å².